The number of hydrogen-bond donors (Lipinski definition) is 1. The summed E-state index contributed by atoms with van der Waals surface area (Å²) in [4.78, 5) is 4.12. The first-order valence-electron chi connectivity index (χ1n) is 6.63. The molecule has 0 amide bonds. The van der Waals surface area contributed by atoms with Crippen molar-refractivity contribution in [2.24, 2.45) is 0 Å². The second-order valence-corrected chi connectivity index (χ2v) is 4.98. The van der Waals surface area contributed by atoms with Gasteiger partial charge >= 0.3 is 0 Å². The van der Waals surface area contributed by atoms with Crippen molar-refractivity contribution in [3.05, 3.63) is 53.7 Å². The van der Waals surface area contributed by atoms with E-state index < -0.39 is 11.6 Å². The zero-order valence-corrected chi connectivity index (χ0v) is 12.0. The van der Waals surface area contributed by atoms with Gasteiger partial charge in [0.1, 0.15) is 22.8 Å². The van der Waals surface area contributed by atoms with E-state index in [1.807, 2.05) is 0 Å². The van der Waals surface area contributed by atoms with Crippen LogP contribution in [0.2, 0.25) is 0 Å². The summed E-state index contributed by atoms with van der Waals surface area (Å²) in [6.45, 7) is 1.71. The molecule has 0 spiro atoms. The Morgan fingerprint density at radius 2 is 1.82 bits per heavy atom. The van der Waals surface area contributed by atoms with Gasteiger partial charge in [-0.05, 0) is 42.8 Å². The van der Waals surface area contributed by atoms with Crippen LogP contribution in [0, 0.1) is 18.6 Å². The zero-order valence-electron chi connectivity index (χ0n) is 12.0. The van der Waals surface area contributed by atoms with Crippen LogP contribution in [0.4, 0.5) is 8.78 Å². The number of phenols is 1. The summed E-state index contributed by atoms with van der Waals surface area (Å²) in [7, 11) is 1.51. The molecule has 1 N–H and O–H groups in total. The second-order valence-electron chi connectivity index (χ2n) is 4.98. The van der Waals surface area contributed by atoms with Crippen LogP contribution < -0.4 is 4.74 Å². The molecule has 5 heteroatoms. The third-order valence-corrected chi connectivity index (χ3v) is 3.45. The maximum atomic E-state index is 14.0. The average molecular weight is 301 g/mol. The Kier molecular flexibility index (Phi) is 3.41. The summed E-state index contributed by atoms with van der Waals surface area (Å²) in [5.74, 6) is -0.897. The molecule has 22 heavy (non-hydrogen) atoms. The van der Waals surface area contributed by atoms with E-state index in [0.717, 1.165) is 6.07 Å². The number of aromatic hydroxyl groups is 1. The molecule has 0 saturated heterocycles. The lowest BCUT2D eigenvalue weighted by atomic mass is 9.99. The molecule has 2 aromatic carbocycles. The smallest absolute Gasteiger partial charge is 0.152 e. The van der Waals surface area contributed by atoms with E-state index in [0.29, 0.717) is 28.0 Å². The molecule has 1 heterocycles. The molecule has 1 aromatic heterocycles. The third kappa shape index (κ3) is 2.35. The number of fused-ring (bicyclic) bond motifs is 1. The van der Waals surface area contributed by atoms with Gasteiger partial charge in [0.05, 0.1) is 7.11 Å². The van der Waals surface area contributed by atoms with Gasteiger partial charge in [-0.2, -0.15) is 0 Å². The lowest BCUT2D eigenvalue weighted by Crippen LogP contribution is -1.94. The average Bonchev–Trinajstić information content (AvgIpc) is 2.48. The minimum absolute atomic E-state index is 0.00244. The van der Waals surface area contributed by atoms with E-state index in [9.17, 15) is 13.9 Å². The molecule has 112 valence electrons. The van der Waals surface area contributed by atoms with Crippen LogP contribution in [-0.4, -0.2) is 17.2 Å². The molecule has 0 unspecified atom stereocenters. The van der Waals surface area contributed by atoms with Gasteiger partial charge in [0, 0.05) is 22.7 Å². The lowest BCUT2D eigenvalue weighted by molar-refractivity contribution is 0.412. The molecule has 3 rings (SSSR count). The number of hydrogen-bond acceptors (Lipinski definition) is 3. The monoisotopic (exact) mass is 301 g/mol. The molecule has 0 radical (unpaired) electrons. The van der Waals surface area contributed by atoms with E-state index in [1.54, 1.807) is 25.1 Å². The number of benzene rings is 2. The van der Waals surface area contributed by atoms with Gasteiger partial charge in [-0.3, -0.25) is 0 Å². The Labute approximate surface area is 125 Å². The highest BCUT2D eigenvalue weighted by Crippen LogP contribution is 2.37. The Morgan fingerprint density at radius 1 is 1.05 bits per heavy atom. The number of rotatable bonds is 2. The fourth-order valence-corrected chi connectivity index (χ4v) is 2.46. The SMILES string of the molecule is COc1ccc(O)c(-c2cc(C)nc3c(F)cc(F)cc23)c1. The quantitative estimate of drug-likeness (QED) is 0.771. The topological polar surface area (TPSA) is 42.4 Å². The summed E-state index contributed by atoms with van der Waals surface area (Å²) in [5.41, 5.74) is 1.56. The first-order chi connectivity index (χ1) is 10.5. The van der Waals surface area contributed by atoms with Crippen LogP contribution in [0.1, 0.15) is 5.69 Å². The zero-order chi connectivity index (χ0) is 15.9. The van der Waals surface area contributed by atoms with Crippen LogP contribution in [0.5, 0.6) is 11.5 Å². The van der Waals surface area contributed by atoms with Crippen molar-refractivity contribution in [1.29, 1.82) is 0 Å². The number of aryl methyl sites for hydroxylation is 1. The molecular formula is C17H13F2NO2. The Hall–Kier alpha value is -2.69. The van der Waals surface area contributed by atoms with Crippen LogP contribution in [0.15, 0.2) is 36.4 Å². The number of pyridine rings is 1. The van der Waals surface area contributed by atoms with Crippen molar-refractivity contribution in [3.8, 4) is 22.6 Å². The van der Waals surface area contributed by atoms with E-state index in [-0.39, 0.29) is 11.3 Å². The molecule has 3 nitrogen and oxygen atoms in total. The van der Waals surface area contributed by atoms with Crippen molar-refractivity contribution >= 4 is 10.9 Å². The summed E-state index contributed by atoms with van der Waals surface area (Å²) >= 11 is 0. The van der Waals surface area contributed by atoms with Crippen LogP contribution >= 0.6 is 0 Å². The van der Waals surface area contributed by atoms with Gasteiger partial charge in [0.2, 0.25) is 0 Å². The second kappa shape index (κ2) is 5.26. The minimum atomic E-state index is -0.734. The highest BCUT2D eigenvalue weighted by molar-refractivity contribution is 5.96. The summed E-state index contributed by atoms with van der Waals surface area (Å²) in [5, 5.41) is 10.4. The fourth-order valence-electron chi connectivity index (χ4n) is 2.46. The van der Waals surface area contributed by atoms with Gasteiger partial charge in [0.25, 0.3) is 0 Å². The number of methoxy groups -OCH3 is 1. The maximum Gasteiger partial charge on any atom is 0.152 e. The fraction of sp³-hybridized carbons (Fsp3) is 0.118. The molecular weight excluding hydrogens is 288 g/mol. The van der Waals surface area contributed by atoms with Crippen LogP contribution in [0.25, 0.3) is 22.0 Å². The maximum absolute atomic E-state index is 14.0. The molecule has 0 saturated carbocycles. The van der Waals surface area contributed by atoms with Gasteiger partial charge in [-0.15, -0.1) is 0 Å². The van der Waals surface area contributed by atoms with Gasteiger partial charge < -0.3 is 9.84 Å². The van der Waals surface area contributed by atoms with Crippen molar-refractivity contribution in [2.75, 3.05) is 7.11 Å². The number of phenolic OH excluding ortho intramolecular Hbond substituents is 1. The standard InChI is InChI=1S/C17H13F2NO2/c1-9-5-12(13-8-11(22-2)3-4-16(13)21)14-6-10(18)7-15(19)17(14)20-9/h3-8,21H,1-2H3. The highest BCUT2D eigenvalue weighted by atomic mass is 19.1. The van der Waals surface area contributed by atoms with Crippen molar-refractivity contribution in [3.63, 3.8) is 0 Å². The predicted molar refractivity (Wildman–Crippen MR) is 80.0 cm³/mol. The van der Waals surface area contributed by atoms with Crippen molar-refractivity contribution < 1.29 is 18.6 Å². The number of halogens is 2. The van der Waals surface area contributed by atoms with Crippen molar-refractivity contribution in [2.45, 2.75) is 6.92 Å². The molecule has 0 aliphatic heterocycles. The first kappa shape index (κ1) is 14.3. The van der Waals surface area contributed by atoms with Gasteiger partial charge in [-0.25, -0.2) is 13.8 Å². The highest BCUT2D eigenvalue weighted by Gasteiger charge is 2.15. The molecule has 0 bridgehead atoms. The summed E-state index contributed by atoms with van der Waals surface area (Å²) in [6.07, 6.45) is 0. The third-order valence-electron chi connectivity index (χ3n) is 3.45. The number of nitrogens with zero attached hydrogens (tertiary/aromatic N) is 1. The van der Waals surface area contributed by atoms with E-state index in [1.165, 1.54) is 19.2 Å². The Balaban J connectivity index is 2.40. The number of aromatic nitrogens is 1. The van der Waals surface area contributed by atoms with Gasteiger partial charge in [0.15, 0.2) is 5.82 Å². The molecule has 0 aliphatic rings. The van der Waals surface area contributed by atoms with Crippen molar-refractivity contribution in [1.82, 2.24) is 4.98 Å². The molecule has 0 aliphatic carbocycles. The van der Waals surface area contributed by atoms with E-state index in [4.69, 9.17) is 4.74 Å². The first-order valence-corrected chi connectivity index (χ1v) is 6.63. The molecule has 0 fully saturated rings. The Morgan fingerprint density at radius 3 is 2.55 bits per heavy atom. The van der Waals surface area contributed by atoms with Gasteiger partial charge in [-0.1, -0.05) is 0 Å². The van der Waals surface area contributed by atoms with Crippen LogP contribution in [0.3, 0.4) is 0 Å². The normalized spacial score (nSPS) is 10.9. The minimum Gasteiger partial charge on any atom is -0.507 e. The number of ether oxygens (including phenoxy) is 1. The van der Waals surface area contributed by atoms with Crippen LogP contribution in [-0.2, 0) is 0 Å². The summed E-state index contributed by atoms with van der Waals surface area (Å²) in [6, 6.07) is 8.38. The van der Waals surface area contributed by atoms with E-state index >= 15 is 0 Å². The molecule has 3 aromatic rings. The Bertz CT molecular complexity index is 878. The molecule has 0 atom stereocenters. The largest absolute Gasteiger partial charge is 0.507 e. The van der Waals surface area contributed by atoms with E-state index in [2.05, 4.69) is 4.98 Å². The lowest BCUT2D eigenvalue weighted by Gasteiger charge is -2.12. The summed E-state index contributed by atoms with van der Waals surface area (Å²) < 4.78 is 32.7. The predicted octanol–water partition coefficient (Wildman–Crippen LogP) is 4.20.